The molecule has 2 heteroatoms. The summed E-state index contributed by atoms with van der Waals surface area (Å²) in [5.41, 5.74) is 5.58. The molecule has 0 bridgehead atoms. The molecular weight excluding hydrogens is 240 g/mol. The van der Waals surface area contributed by atoms with Crippen LogP contribution in [0.4, 0.5) is 0 Å². The van der Waals surface area contributed by atoms with E-state index in [0.717, 1.165) is 25.0 Å². The van der Waals surface area contributed by atoms with E-state index in [9.17, 15) is 4.79 Å². The Labute approximate surface area is 114 Å². The molecule has 1 unspecified atom stereocenters. The average molecular weight is 262 g/mol. The SMILES string of the molecule is Cc1cc(C)c(CSC2CCCC(=O)C2)c(C)c1. The molecule has 1 aromatic rings. The van der Waals surface area contributed by atoms with Crippen LogP contribution < -0.4 is 0 Å². The molecule has 98 valence electrons. The van der Waals surface area contributed by atoms with E-state index in [-0.39, 0.29) is 0 Å². The van der Waals surface area contributed by atoms with E-state index < -0.39 is 0 Å². The lowest BCUT2D eigenvalue weighted by atomic mass is 9.99. The van der Waals surface area contributed by atoms with Gasteiger partial charge in [0.15, 0.2) is 0 Å². The fourth-order valence-electron chi connectivity index (χ4n) is 2.77. The summed E-state index contributed by atoms with van der Waals surface area (Å²) in [5, 5.41) is 0.548. The molecule has 0 amide bonds. The number of rotatable bonds is 3. The Morgan fingerprint density at radius 3 is 2.50 bits per heavy atom. The summed E-state index contributed by atoms with van der Waals surface area (Å²) < 4.78 is 0. The maximum absolute atomic E-state index is 11.4. The molecule has 0 aromatic heterocycles. The first-order valence-electron chi connectivity index (χ1n) is 6.76. The van der Waals surface area contributed by atoms with Gasteiger partial charge < -0.3 is 0 Å². The number of benzene rings is 1. The molecule has 1 aliphatic rings. The molecule has 2 rings (SSSR count). The van der Waals surface area contributed by atoms with E-state index in [4.69, 9.17) is 0 Å². The lowest BCUT2D eigenvalue weighted by molar-refractivity contribution is -0.120. The second-order valence-corrected chi connectivity index (χ2v) is 6.73. The summed E-state index contributed by atoms with van der Waals surface area (Å²) in [7, 11) is 0. The van der Waals surface area contributed by atoms with E-state index in [2.05, 4.69) is 32.9 Å². The maximum Gasteiger partial charge on any atom is 0.134 e. The number of carbonyl (C=O) groups is 1. The van der Waals surface area contributed by atoms with Crippen molar-refractivity contribution in [1.29, 1.82) is 0 Å². The van der Waals surface area contributed by atoms with Crippen LogP contribution in [0.1, 0.15) is 47.9 Å². The minimum absolute atomic E-state index is 0.455. The molecule has 1 saturated carbocycles. The lowest BCUT2D eigenvalue weighted by Gasteiger charge is -2.21. The van der Waals surface area contributed by atoms with Crippen molar-refractivity contribution in [3.05, 3.63) is 34.4 Å². The van der Waals surface area contributed by atoms with Gasteiger partial charge >= 0.3 is 0 Å². The Hall–Kier alpha value is -0.760. The molecule has 0 heterocycles. The van der Waals surface area contributed by atoms with Crippen LogP contribution in [0.5, 0.6) is 0 Å². The summed E-state index contributed by atoms with van der Waals surface area (Å²) in [6, 6.07) is 4.52. The van der Waals surface area contributed by atoms with Crippen LogP contribution in [0, 0.1) is 20.8 Å². The highest BCUT2D eigenvalue weighted by atomic mass is 32.2. The van der Waals surface area contributed by atoms with Crippen LogP contribution >= 0.6 is 11.8 Å². The van der Waals surface area contributed by atoms with Crippen molar-refractivity contribution in [2.24, 2.45) is 0 Å². The first kappa shape index (κ1) is 13.7. The van der Waals surface area contributed by atoms with E-state index in [1.54, 1.807) is 0 Å². The molecule has 0 saturated heterocycles. The van der Waals surface area contributed by atoms with Crippen molar-refractivity contribution in [1.82, 2.24) is 0 Å². The van der Waals surface area contributed by atoms with Crippen molar-refractivity contribution in [3.63, 3.8) is 0 Å². The van der Waals surface area contributed by atoms with Crippen molar-refractivity contribution < 1.29 is 4.79 Å². The normalized spacial score (nSPS) is 20.2. The highest BCUT2D eigenvalue weighted by molar-refractivity contribution is 7.99. The number of Topliss-reactive ketones (excluding diaryl/α,β-unsaturated/α-hetero) is 1. The fraction of sp³-hybridized carbons (Fsp3) is 0.562. The zero-order chi connectivity index (χ0) is 13.1. The van der Waals surface area contributed by atoms with Gasteiger partial charge in [-0.05, 0) is 50.3 Å². The predicted octanol–water partition coefficient (Wildman–Crippen LogP) is 4.36. The Kier molecular flexibility index (Phi) is 4.50. The van der Waals surface area contributed by atoms with Gasteiger partial charge in [-0.15, -0.1) is 0 Å². The van der Waals surface area contributed by atoms with Gasteiger partial charge in [0.25, 0.3) is 0 Å². The molecule has 0 spiro atoms. The molecule has 0 N–H and O–H groups in total. The van der Waals surface area contributed by atoms with E-state index in [1.165, 1.54) is 28.7 Å². The standard InChI is InChI=1S/C16H22OS/c1-11-7-12(2)16(13(3)8-11)10-18-15-6-4-5-14(17)9-15/h7-8,15H,4-6,9-10H2,1-3H3. The highest BCUT2D eigenvalue weighted by Crippen LogP contribution is 2.31. The molecule has 1 fully saturated rings. The fourth-order valence-corrected chi connectivity index (χ4v) is 4.26. The van der Waals surface area contributed by atoms with Gasteiger partial charge in [0.05, 0.1) is 0 Å². The third-order valence-electron chi connectivity index (χ3n) is 3.74. The van der Waals surface area contributed by atoms with Gasteiger partial charge in [-0.1, -0.05) is 17.7 Å². The van der Waals surface area contributed by atoms with Crippen molar-refractivity contribution in [3.8, 4) is 0 Å². The molecule has 0 aliphatic heterocycles. The number of carbonyl (C=O) groups excluding carboxylic acids is 1. The zero-order valence-electron chi connectivity index (χ0n) is 11.6. The minimum atomic E-state index is 0.455. The van der Waals surface area contributed by atoms with Crippen LogP contribution in [0.2, 0.25) is 0 Å². The largest absolute Gasteiger partial charge is 0.300 e. The Morgan fingerprint density at radius 1 is 1.22 bits per heavy atom. The number of hydrogen-bond donors (Lipinski definition) is 0. The Morgan fingerprint density at radius 2 is 1.89 bits per heavy atom. The van der Waals surface area contributed by atoms with Gasteiger partial charge in [-0.25, -0.2) is 0 Å². The number of aryl methyl sites for hydroxylation is 3. The maximum atomic E-state index is 11.4. The first-order valence-corrected chi connectivity index (χ1v) is 7.81. The van der Waals surface area contributed by atoms with Crippen molar-refractivity contribution in [2.45, 2.75) is 57.5 Å². The number of ketones is 1. The smallest absolute Gasteiger partial charge is 0.134 e. The molecule has 0 radical (unpaired) electrons. The van der Waals surface area contributed by atoms with E-state index >= 15 is 0 Å². The van der Waals surface area contributed by atoms with Crippen molar-refractivity contribution in [2.75, 3.05) is 0 Å². The molecule has 1 aromatic carbocycles. The van der Waals surface area contributed by atoms with Crippen LogP contribution in [0.25, 0.3) is 0 Å². The Bertz CT molecular complexity index is 427. The zero-order valence-corrected chi connectivity index (χ0v) is 12.4. The van der Waals surface area contributed by atoms with Crippen molar-refractivity contribution >= 4 is 17.5 Å². The second kappa shape index (κ2) is 5.92. The monoisotopic (exact) mass is 262 g/mol. The molecular formula is C16H22OS. The van der Waals surface area contributed by atoms with Gasteiger partial charge in [0, 0.05) is 23.8 Å². The van der Waals surface area contributed by atoms with Gasteiger partial charge in [-0.3, -0.25) is 4.79 Å². The number of thioether (sulfide) groups is 1. The minimum Gasteiger partial charge on any atom is -0.300 e. The molecule has 1 aliphatic carbocycles. The molecule has 1 nitrogen and oxygen atoms in total. The third-order valence-corrected chi connectivity index (χ3v) is 5.07. The average Bonchev–Trinajstić information content (AvgIpc) is 2.27. The van der Waals surface area contributed by atoms with Crippen LogP contribution in [-0.2, 0) is 10.5 Å². The van der Waals surface area contributed by atoms with E-state index in [0.29, 0.717) is 11.0 Å². The molecule has 18 heavy (non-hydrogen) atoms. The van der Waals surface area contributed by atoms with Gasteiger partial charge in [-0.2, -0.15) is 11.8 Å². The Balaban J connectivity index is 1.99. The van der Waals surface area contributed by atoms with Crippen LogP contribution in [0.15, 0.2) is 12.1 Å². The third kappa shape index (κ3) is 3.38. The van der Waals surface area contributed by atoms with Crippen LogP contribution in [0.3, 0.4) is 0 Å². The van der Waals surface area contributed by atoms with E-state index in [1.807, 2.05) is 11.8 Å². The first-order chi connectivity index (χ1) is 8.56. The summed E-state index contributed by atoms with van der Waals surface area (Å²) in [5.74, 6) is 1.51. The summed E-state index contributed by atoms with van der Waals surface area (Å²) in [4.78, 5) is 11.4. The quantitative estimate of drug-likeness (QED) is 0.805. The summed E-state index contributed by atoms with van der Waals surface area (Å²) in [6.45, 7) is 6.54. The van der Waals surface area contributed by atoms with Gasteiger partial charge in [0.2, 0.25) is 0 Å². The highest BCUT2D eigenvalue weighted by Gasteiger charge is 2.20. The lowest BCUT2D eigenvalue weighted by Crippen LogP contribution is -2.17. The molecule has 1 atom stereocenters. The topological polar surface area (TPSA) is 17.1 Å². The summed E-state index contributed by atoms with van der Waals surface area (Å²) in [6.07, 6.45) is 3.89. The second-order valence-electron chi connectivity index (χ2n) is 5.45. The summed E-state index contributed by atoms with van der Waals surface area (Å²) >= 11 is 1.97. The predicted molar refractivity (Wildman–Crippen MR) is 79.2 cm³/mol. The van der Waals surface area contributed by atoms with Gasteiger partial charge in [0.1, 0.15) is 5.78 Å². The van der Waals surface area contributed by atoms with Crippen LogP contribution in [-0.4, -0.2) is 11.0 Å². The number of hydrogen-bond acceptors (Lipinski definition) is 2.